The second kappa shape index (κ2) is 7.26. The number of ether oxygens (including phenoxy) is 2. The summed E-state index contributed by atoms with van der Waals surface area (Å²) < 4.78 is 12.2. The Morgan fingerprint density at radius 2 is 1.68 bits per heavy atom. The number of benzene rings is 2. The molecule has 1 aromatic heterocycles. The SMILES string of the molecule is COc1cccc(OC)c1C(=O)N1CCc2[nH]n(-c3ccccc3)c(=O)c2C1. The van der Waals surface area contributed by atoms with Crippen molar-refractivity contribution in [1.82, 2.24) is 14.7 Å². The van der Waals surface area contributed by atoms with Crippen molar-refractivity contribution < 1.29 is 14.3 Å². The average Bonchev–Trinajstić information content (AvgIpc) is 3.09. The second-order valence-electron chi connectivity index (χ2n) is 6.56. The van der Waals surface area contributed by atoms with Crippen LogP contribution < -0.4 is 15.0 Å². The highest BCUT2D eigenvalue weighted by Crippen LogP contribution is 2.30. The van der Waals surface area contributed by atoms with E-state index < -0.39 is 0 Å². The molecule has 0 saturated heterocycles. The molecule has 28 heavy (non-hydrogen) atoms. The Labute approximate surface area is 162 Å². The maximum absolute atomic E-state index is 13.2. The Morgan fingerprint density at radius 1 is 1.00 bits per heavy atom. The van der Waals surface area contributed by atoms with E-state index in [4.69, 9.17) is 9.47 Å². The summed E-state index contributed by atoms with van der Waals surface area (Å²) in [5.74, 6) is 0.684. The van der Waals surface area contributed by atoms with Crippen LogP contribution >= 0.6 is 0 Å². The van der Waals surface area contributed by atoms with Crippen molar-refractivity contribution in [3.8, 4) is 17.2 Å². The molecule has 0 atom stereocenters. The number of fused-ring (bicyclic) bond motifs is 1. The van der Waals surface area contributed by atoms with Crippen molar-refractivity contribution in [1.29, 1.82) is 0 Å². The van der Waals surface area contributed by atoms with E-state index in [0.29, 0.717) is 35.6 Å². The van der Waals surface area contributed by atoms with Crippen LogP contribution in [0.4, 0.5) is 0 Å². The quantitative estimate of drug-likeness (QED) is 0.755. The molecule has 0 aliphatic carbocycles. The van der Waals surface area contributed by atoms with Crippen LogP contribution in [-0.2, 0) is 13.0 Å². The number of methoxy groups -OCH3 is 2. The summed E-state index contributed by atoms with van der Waals surface area (Å²) in [6, 6.07) is 14.6. The predicted molar refractivity (Wildman–Crippen MR) is 104 cm³/mol. The summed E-state index contributed by atoms with van der Waals surface area (Å²) in [5.41, 5.74) is 2.48. The third kappa shape index (κ3) is 2.94. The van der Waals surface area contributed by atoms with Crippen LogP contribution in [-0.4, -0.2) is 41.4 Å². The summed E-state index contributed by atoms with van der Waals surface area (Å²) in [6.45, 7) is 0.742. The van der Waals surface area contributed by atoms with E-state index in [1.807, 2.05) is 30.3 Å². The van der Waals surface area contributed by atoms with E-state index in [9.17, 15) is 9.59 Å². The molecule has 7 heteroatoms. The molecule has 0 bridgehead atoms. The zero-order valence-corrected chi connectivity index (χ0v) is 15.8. The molecule has 1 amide bonds. The number of hydrogen-bond donors (Lipinski definition) is 1. The summed E-state index contributed by atoms with van der Waals surface area (Å²) in [7, 11) is 3.04. The van der Waals surface area contributed by atoms with Gasteiger partial charge in [0, 0.05) is 18.7 Å². The second-order valence-corrected chi connectivity index (χ2v) is 6.56. The molecule has 0 fully saturated rings. The van der Waals surface area contributed by atoms with Crippen molar-refractivity contribution >= 4 is 5.91 Å². The summed E-state index contributed by atoms with van der Waals surface area (Å²) >= 11 is 0. The standard InChI is InChI=1S/C21H21N3O4/c1-27-17-9-6-10-18(28-2)19(17)21(26)23-12-11-16-15(13-23)20(25)24(22-16)14-7-4-3-5-8-14/h3-10,22H,11-13H2,1-2H3. The molecule has 1 aliphatic heterocycles. The van der Waals surface area contributed by atoms with E-state index in [2.05, 4.69) is 5.10 Å². The van der Waals surface area contributed by atoms with Crippen molar-refractivity contribution in [2.24, 2.45) is 0 Å². The molecule has 7 nitrogen and oxygen atoms in total. The Morgan fingerprint density at radius 3 is 2.32 bits per heavy atom. The molecule has 0 saturated carbocycles. The summed E-state index contributed by atoms with van der Waals surface area (Å²) in [6.07, 6.45) is 0.577. The van der Waals surface area contributed by atoms with E-state index in [1.165, 1.54) is 18.9 Å². The topological polar surface area (TPSA) is 76.6 Å². The smallest absolute Gasteiger partial charge is 0.276 e. The molecule has 1 N–H and O–H groups in total. The molecular weight excluding hydrogens is 358 g/mol. The van der Waals surface area contributed by atoms with Crippen molar-refractivity contribution in [3.05, 3.63) is 75.7 Å². The molecule has 3 aromatic rings. The van der Waals surface area contributed by atoms with Crippen LogP contribution in [0.1, 0.15) is 21.6 Å². The molecule has 144 valence electrons. The minimum Gasteiger partial charge on any atom is -0.496 e. The highest BCUT2D eigenvalue weighted by Gasteiger charge is 2.29. The number of aromatic amines is 1. The molecule has 2 heterocycles. The Bertz CT molecular complexity index is 1050. The highest BCUT2D eigenvalue weighted by molar-refractivity contribution is 5.99. The van der Waals surface area contributed by atoms with E-state index in [1.54, 1.807) is 23.1 Å². The van der Waals surface area contributed by atoms with Gasteiger partial charge in [0.15, 0.2) is 0 Å². The largest absolute Gasteiger partial charge is 0.496 e. The fourth-order valence-electron chi connectivity index (χ4n) is 3.56. The van der Waals surface area contributed by atoms with Crippen LogP contribution in [0.5, 0.6) is 11.5 Å². The molecule has 0 unspecified atom stereocenters. The van der Waals surface area contributed by atoms with Gasteiger partial charge in [0.05, 0.1) is 32.0 Å². The number of nitrogens with zero attached hydrogens (tertiary/aromatic N) is 2. The number of nitrogens with one attached hydrogen (secondary N) is 1. The number of H-pyrrole nitrogens is 1. The number of para-hydroxylation sites is 1. The monoisotopic (exact) mass is 379 g/mol. The van der Waals surface area contributed by atoms with E-state index in [-0.39, 0.29) is 18.0 Å². The van der Waals surface area contributed by atoms with Crippen molar-refractivity contribution in [2.45, 2.75) is 13.0 Å². The number of amides is 1. The normalized spacial score (nSPS) is 13.1. The number of aromatic nitrogens is 2. The lowest BCUT2D eigenvalue weighted by Gasteiger charge is -2.27. The molecule has 0 radical (unpaired) electrons. The van der Waals surface area contributed by atoms with Crippen LogP contribution in [0.25, 0.3) is 5.69 Å². The maximum Gasteiger partial charge on any atom is 0.276 e. The zero-order chi connectivity index (χ0) is 19.7. The number of carbonyl (C=O) groups excluding carboxylic acids is 1. The van der Waals surface area contributed by atoms with Gasteiger partial charge in [-0.3, -0.25) is 14.7 Å². The van der Waals surface area contributed by atoms with Crippen molar-refractivity contribution in [3.63, 3.8) is 0 Å². The van der Waals surface area contributed by atoms with Gasteiger partial charge in [-0.05, 0) is 24.3 Å². The van der Waals surface area contributed by atoms with Gasteiger partial charge in [-0.15, -0.1) is 0 Å². The molecule has 1 aliphatic rings. The van der Waals surface area contributed by atoms with Gasteiger partial charge in [-0.1, -0.05) is 24.3 Å². The van der Waals surface area contributed by atoms with Gasteiger partial charge in [-0.2, -0.15) is 0 Å². The molecule has 0 spiro atoms. The number of carbonyl (C=O) groups is 1. The highest BCUT2D eigenvalue weighted by atomic mass is 16.5. The van der Waals surface area contributed by atoms with Gasteiger partial charge in [0.2, 0.25) is 0 Å². The third-order valence-corrected chi connectivity index (χ3v) is 5.00. The van der Waals surface area contributed by atoms with E-state index in [0.717, 1.165) is 11.4 Å². The first kappa shape index (κ1) is 17.9. The minimum absolute atomic E-state index is 0.134. The first-order chi connectivity index (χ1) is 13.6. The van der Waals surface area contributed by atoms with Gasteiger partial charge >= 0.3 is 0 Å². The fourth-order valence-corrected chi connectivity index (χ4v) is 3.56. The Hall–Kier alpha value is -3.48. The minimum atomic E-state index is -0.216. The molecular formula is C21H21N3O4. The third-order valence-electron chi connectivity index (χ3n) is 5.00. The maximum atomic E-state index is 13.2. The van der Waals surface area contributed by atoms with Crippen LogP contribution in [0.2, 0.25) is 0 Å². The lowest BCUT2D eigenvalue weighted by atomic mass is 10.1. The van der Waals surface area contributed by atoms with Crippen LogP contribution in [0, 0.1) is 0 Å². The Balaban J connectivity index is 1.68. The predicted octanol–water partition coefficient (Wildman–Crippen LogP) is 2.38. The van der Waals surface area contributed by atoms with Crippen LogP contribution in [0.3, 0.4) is 0 Å². The fraction of sp³-hybridized carbons (Fsp3) is 0.238. The lowest BCUT2D eigenvalue weighted by Crippen LogP contribution is -2.38. The zero-order valence-electron chi connectivity index (χ0n) is 15.8. The first-order valence-corrected chi connectivity index (χ1v) is 9.02. The summed E-state index contributed by atoms with van der Waals surface area (Å²) in [5, 5.41) is 3.18. The van der Waals surface area contributed by atoms with Gasteiger partial charge < -0.3 is 14.4 Å². The van der Waals surface area contributed by atoms with Crippen molar-refractivity contribution in [2.75, 3.05) is 20.8 Å². The molecule has 4 rings (SSSR count). The molecule has 2 aromatic carbocycles. The van der Waals surface area contributed by atoms with E-state index >= 15 is 0 Å². The first-order valence-electron chi connectivity index (χ1n) is 9.02. The van der Waals surface area contributed by atoms with Gasteiger partial charge in [0.25, 0.3) is 11.5 Å². The number of rotatable bonds is 4. The number of hydrogen-bond acceptors (Lipinski definition) is 4. The van der Waals surface area contributed by atoms with Crippen LogP contribution in [0.15, 0.2) is 53.3 Å². The van der Waals surface area contributed by atoms with Gasteiger partial charge in [0.1, 0.15) is 17.1 Å². The lowest BCUT2D eigenvalue weighted by molar-refractivity contribution is 0.0727. The average molecular weight is 379 g/mol. The Kier molecular flexibility index (Phi) is 4.65. The van der Waals surface area contributed by atoms with Gasteiger partial charge in [-0.25, -0.2) is 4.68 Å². The summed E-state index contributed by atoms with van der Waals surface area (Å²) in [4.78, 5) is 27.8.